The zero-order valence-corrected chi connectivity index (χ0v) is 9.69. The number of halogens is 1. The minimum absolute atomic E-state index is 0.0868. The highest BCUT2D eigenvalue weighted by molar-refractivity contribution is 14.1. The number of rotatable bonds is 1. The van der Waals surface area contributed by atoms with E-state index in [1.54, 1.807) is 11.1 Å². The third kappa shape index (κ3) is 1.79. The lowest BCUT2D eigenvalue weighted by molar-refractivity contribution is -0.116. The van der Waals surface area contributed by atoms with Gasteiger partial charge in [0.1, 0.15) is 5.82 Å². The number of pyridine rings is 1. The summed E-state index contributed by atoms with van der Waals surface area (Å²) in [6.07, 6.45) is 2.21. The van der Waals surface area contributed by atoms with E-state index >= 15 is 0 Å². The molecule has 1 fully saturated rings. The largest absolute Gasteiger partial charge is 0.292 e. The second-order valence-corrected chi connectivity index (χ2v) is 4.49. The Kier molecular flexibility index (Phi) is 2.54. The van der Waals surface area contributed by atoms with Gasteiger partial charge in [0.25, 0.3) is 0 Å². The standard InChI is InChI=1S/C10H9IN2O/c1-7-4-10(14)13(6-7)9-3-2-8(11)5-12-9/h2-3,5H,1,4,6H2. The van der Waals surface area contributed by atoms with Crippen LogP contribution in [0.25, 0.3) is 0 Å². The molecule has 0 atom stereocenters. The Balaban J connectivity index is 2.27. The second-order valence-electron chi connectivity index (χ2n) is 3.24. The van der Waals surface area contributed by atoms with Crippen molar-refractivity contribution < 1.29 is 4.79 Å². The molecular weight excluding hydrogens is 291 g/mol. The first-order chi connectivity index (χ1) is 6.66. The number of nitrogens with zero attached hydrogens (tertiary/aromatic N) is 2. The maximum atomic E-state index is 11.5. The molecule has 1 aromatic heterocycles. The number of carbonyl (C=O) groups is 1. The molecule has 1 amide bonds. The highest BCUT2D eigenvalue weighted by atomic mass is 127. The van der Waals surface area contributed by atoms with E-state index in [1.165, 1.54) is 0 Å². The van der Waals surface area contributed by atoms with Crippen molar-refractivity contribution in [2.24, 2.45) is 0 Å². The maximum Gasteiger partial charge on any atom is 0.232 e. The molecule has 2 heterocycles. The topological polar surface area (TPSA) is 33.2 Å². The van der Waals surface area contributed by atoms with Crippen LogP contribution in [-0.4, -0.2) is 17.4 Å². The van der Waals surface area contributed by atoms with Crippen LogP contribution in [0.15, 0.2) is 30.5 Å². The molecule has 72 valence electrons. The molecular formula is C10H9IN2O. The predicted molar refractivity (Wildman–Crippen MR) is 63.1 cm³/mol. The lowest BCUT2D eigenvalue weighted by Gasteiger charge is -2.13. The van der Waals surface area contributed by atoms with Crippen LogP contribution in [0.3, 0.4) is 0 Å². The van der Waals surface area contributed by atoms with Crippen molar-refractivity contribution in [1.82, 2.24) is 4.98 Å². The SMILES string of the molecule is C=C1CC(=O)N(c2ccc(I)cn2)C1. The van der Waals surface area contributed by atoms with Crippen LogP contribution in [0.5, 0.6) is 0 Å². The summed E-state index contributed by atoms with van der Waals surface area (Å²) in [7, 11) is 0. The van der Waals surface area contributed by atoms with Gasteiger partial charge in [-0.3, -0.25) is 9.69 Å². The van der Waals surface area contributed by atoms with Gasteiger partial charge in [0.2, 0.25) is 5.91 Å². The Morgan fingerprint density at radius 2 is 2.29 bits per heavy atom. The van der Waals surface area contributed by atoms with E-state index in [9.17, 15) is 4.79 Å². The summed E-state index contributed by atoms with van der Waals surface area (Å²) in [4.78, 5) is 17.4. The first-order valence-electron chi connectivity index (χ1n) is 4.25. The zero-order valence-electron chi connectivity index (χ0n) is 7.53. The van der Waals surface area contributed by atoms with Gasteiger partial charge in [-0.2, -0.15) is 0 Å². The van der Waals surface area contributed by atoms with E-state index in [1.807, 2.05) is 12.1 Å². The molecule has 0 unspecified atom stereocenters. The molecule has 1 saturated heterocycles. The monoisotopic (exact) mass is 300 g/mol. The van der Waals surface area contributed by atoms with Crippen LogP contribution in [0.4, 0.5) is 5.82 Å². The fourth-order valence-electron chi connectivity index (χ4n) is 1.41. The van der Waals surface area contributed by atoms with Gasteiger partial charge in [-0.1, -0.05) is 6.58 Å². The van der Waals surface area contributed by atoms with Crippen LogP contribution < -0.4 is 4.90 Å². The van der Waals surface area contributed by atoms with Crippen molar-refractivity contribution >= 4 is 34.3 Å². The predicted octanol–water partition coefficient (Wildman–Crippen LogP) is 1.98. The van der Waals surface area contributed by atoms with E-state index in [2.05, 4.69) is 34.2 Å². The molecule has 3 nitrogen and oxygen atoms in total. The van der Waals surface area contributed by atoms with Crippen LogP contribution in [0.1, 0.15) is 6.42 Å². The first kappa shape index (κ1) is 9.64. The molecule has 1 aromatic rings. The molecule has 2 rings (SSSR count). The number of aromatic nitrogens is 1. The molecule has 1 aliphatic rings. The third-order valence-corrected chi connectivity index (χ3v) is 2.71. The molecule has 0 radical (unpaired) electrons. The second kappa shape index (κ2) is 3.68. The van der Waals surface area contributed by atoms with Crippen LogP contribution in [-0.2, 0) is 4.79 Å². The molecule has 14 heavy (non-hydrogen) atoms. The molecule has 4 heteroatoms. The number of anilines is 1. The summed E-state index contributed by atoms with van der Waals surface area (Å²) < 4.78 is 1.07. The van der Waals surface area contributed by atoms with E-state index in [-0.39, 0.29) is 5.91 Å². The maximum absolute atomic E-state index is 11.5. The van der Waals surface area contributed by atoms with Gasteiger partial charge >= 0.3 is 0 Å². The van der Waals surface area contributed by atoms with E-state index < -0.39 is 0 Å². The lowest BCUT2D eigenvalue weighted by Crippen LogP contribution is -2.24. The normalized spacial score (nSPS) is 16.5. The van der Waals surface area contributed by atoms with Crippen LogP contribution in [0.2, 0.25) is 0 Å². The summed E-state index contributed by atoms with van der Waals surface area (Å²) >= 11 is 2.19. The van der Waals surface area contributed by atoms with Crippen molar-refractivity contribution in [2.75, 3.05) is 11.4 Å². The molecule has 0 aliphatic carbocycles. The zero-order chi connectivity index (χ0) is 10.1. The van der Waals surface area contributed by atoms with Crippen molar-refractivity contribution in [2.45, 2.75) is 6.42 Å². The molecule has 0 bridgehead atoms. The van der Waals surface area contributed by atoms with E-state index in [0.717, 1.165) is 9.14 Å². The van der Waals surface area contributed by atoms with Gasteiger partial charge in [-0.05, 0) is 40.3 Å². The minimum Gasteiger partial charge on any atom is -0.292 e. The van der Waals surface area contributed by atoms with Gasteiger partial charge < -0.3 is 0 Å². The summed E-state index contributed by atoms with van der Waals surface area (Å²) in [6.45, 7) is 4.41. The van der Waals surface area contributed by atoms with Crippen LogP contribution >= 0.6 is 22.6 Å². The van der Waals surface area contributed by atoms with Gasteiger partial charge in [0, 0.05) is 22.7 Å². The van der Waals surface area contributed by atoms with E-state index in [0.29, 0.717) is 18.8 Å². The van der Waals surface area contributed by atoms with Gasteiger partial charge in [0.15, 0.2) is 0 Å². The fraction of sp³-hybridized carbons (Fsp3) is 0.200. The molecule has 0 aromatic carbocycles. The Hall–Kier alpha value is -0.910. The van der Waals surface area contributed by atoms with Crippen molar-refractivity contribution in [3.05, 3.63) is 34.1 Å². The van der Waals surface area contributed by atoms with Gasteiger partial charge in [-0.15, -0.1) is 0 Å². The molecule has 0 N–H and O–H groups in total. The van der Waals surface area contributed by atoms with E-state index in [4.69, 9.17) is 0 Å². The minimum atomic E-state index is 0.0868. The number of amides is 1. The molecule has 0 spiro atoms. The number of hydrogen-bond acceptors (Lipinski definition) is 2. The summed E-state index contributed by atoms with van der Waals surface area (Å²) in [5.74, 6) is 0.803. The van der Waals surface area contributed by atoms with Crippen LogP contribution in [0, 0.1) is 3.57 Å². The summed E-state index contributed by atoms with van der Waals surface area (Å²) in [5, 5.41) is 0. The highest BCUT2D eigenvalue weighted by Gasteiger charge is 2.25. The number of hydrogen-bond donors (Lipinski definition) is 0. The van der Waals surface area contributed by atoms with Gasteiger partial charge in [0.05, 0.1) is 0 Å². The fourth-order valence-corrected chi connectivity index (χ4v) is 1.73. The van der Waals surface area contributed by atoms with Crippen molar-refractivity contribution in [1.29, 1.82) is 0 Å². The average Bonchev–Trinajstić information content (AvgIpc) is 2.47. The third-order valence-electron chi connectivity index (χ3n) is 2.07. The Bertz CT molecular complexity index is 386. The highest BCUT2D eigenvalue weighted by Crippen LogP contribution is 2.21. The number of carbonyl (C=O) groups excluding carboxylic acids is 1. The van der Waals surface area contributed by atoms with Crippen molar-refractivity contribution in [3.8, 4) is 0 Å². The Morgan fingerprint density at radius 1 is 1.50 bits per heavy atom. The quantitative estimate of drug-likeness (QED) is 0.587. The average molecular weight is 300 g/mol. The van der Waals surface area contributed by atoms with Crippen molar-refractivity contribution in [3.63, 3.8) is 0 Å². The lowest BCUT2D eigenvalue weighted by atomic mass is 10.3. The summed E-state index contributed by atoms with van der Waals surface area (Å²) in [5.41, 5.74) is 0.954. The first-order valence-corrected chi connectivity index (χ1v) is 5.33. The smallest absolute Gasteiger partial charge is 0.232 e. The Labute approximate surface area is 96.0 Å². The molecule has 1 aliphatic heterocycles. The Morgan fingerprint density at radius 3 is 2.79 bits per heavy atom. The van der Waals surface area contributed by atoms with Gasteiger partial charge in [-0.25, -0.2) is 4.98 Å². The summed E-state index contributed by atoms with van der Waals surface area (Å²) in [6, 6.07) is 3.80. The molecule has 0 saturated carbocycles.